The molecule has 148 valence electrons. The highest BCUT2D eigenvalue weighted by Gasteiger charge is 2.26. The molecule has 1 N–H and O–H groups in total. The van der Waals surface area contributed by atoms with Crippen molar-refractivity contribution >= 4 is 17.6 Å². The quantitative estimate of drug-likeness (QED) is 0.661. The van der Waals surface area contributed by atoms with Gasteiger partial charge in [-0.05, 0) is 36.6 Å². The second kappa shape index (κ2) is 9.93. The molecule has 0 saturated heterocycles. The minimum Gasteiger partial charge on any atom is -0.497 e. The number of amides is 1. The molecule has 0 aliphatic heterocycles. The summed E-state index contributed by atoms with van der Waals surface area (Å²) in [6.45, 7) is 0. The Morgan fingerprint density at radius 1 is 1.04 bits per heavy atom. The second-order valence-electron chi connectivity index (χ2n) is 7.19. The van der Waals surface area contributed by atoms with Crippen molar-refractivity contribution in [3.8, 4) is 5.75 Å². The molecule has 0 radical (unpaired) electrons. The van der Waals surface area contributed by atoms with E-state index in [0.29, 0.717) is 29.3 Å². The van der Waals surface area contributed by atoms with Crippen LogP contribution in [0.5, 0.6) is 5.75 Å². The van der Waals surface area contributed by atoms with Crippen LogP contribution in [0.25, 0.3) is 0 Å². The molecule has 0 spiro atoms. The third-order valence-corrected chi connectivity index (χ3v) is 5.18. The van der Waals surface area contributed by atoms with Crippen LogP contribution in [-0.2, 0) is 14.3 Å². The summed E-state index contributed by atoms with van der Waals surface area (Å²) in [5.74, 6) is 0.614. The van der Waals surface area contributed by atoms with E-state index in [9.17, 15) is 9.59 Å². The molecule has 1 saturated carbocycles. The van der Waals surface area contributed by atoms with Gasteiger partial charge in [-0.1, -0.05) is 56.0 Å². The number of benzene rings is 2. The summed E-state index contributed by atoms with van der Waals surface area (Å²) in [6.07, 6.45) is 5.08. The lowest BCUT2D eigenvalue weighted by atomic mass is 10.0. The third kappa shape index (κ3) is 5.59. The van der Waals surface area contributed by atoms with Crippen molar-refractivity contribution in [2.24, 2.45) is 5.92 Å². The summed E-state index contributed by atoms with van der Waals surface area (Å²) in [6, 6.07) is 16.1. The number of carbonyl (C=O) groups excluding carboxylic acids is 2. The molecule has 1 atom stereocenters. The maximum atomic E-state index is 12.8. The van der Waals surface area contributed by atoms with Gasteiger partial charge in [0.1, 0.15) is 5.75 Å². The van der Waals surface area contributed by atoms with Gasteiger partial charge in [-0.3, -0.25) is 9.59 Å². The number of carbonyl (C=O) groups is 2. The number of rotatable bonds is 8. The average Bonchev–Trinajstić information content (AvgIpc) is 3.25. The lowest BCUT2D eigenvalue weighted by Gasteiger charge is -2.19. The zero-order valence-electron chi connectivity index (χ0n) is 16.2. The molecule has 1 aliphatic rings. The number of hydrogen-bond acceptors (Lipinski definition) is 4. The minimum atomic E-state index is -0.973. The Morgan fingerprint density at radius 2 is 1.71 bits per heavy atom. The van der Waals surface area contributed by atoms with Gasteiger partial charge >= 0.3 is 5.97 Å². The van der Waals surface area contributed by atoms with E-state index >= 15 is 0 Å². The van der Waals surface area contributed by atoms with E-state index in [-0.39, 0.29) is 11.9 Å². The molecule has 1 amide bonds. The summed E-state index contributed by atoms with van der Waals surface area (Å²) >= 11 is 0. The standard InChI is InChI=1S/C23H27NO4/c1-27-20-14-12-19(13-15-20)24-23(26)22(18-9-3-2-4-10-18)28-21(25)16-11-17-7-5-6-8-17/h2-4,9-10,12-15,17,22H,5-8,11,16H2,1H3,(H,24,26). The molecule has 0 bridgehead atoms. The van der Waals surface area contributed by atoms with E-state index in [1.807, 2.05) is 18.2 Å². The van der Waals surface area contributed by atoms with Crippen LogP contribution in [0.1, 0.15) is 50.2 Å². The highest BCUT2D eigenvalue weighted by Crippen LogP contribution is 2.29. The fraction of sp³-hybridized carbons (Fsp3) is 0.391. The molecule has 5 heteroatoms. The number of esters is 1. The molecule has 1 aliphatic carbocycles. The van der Waals surface area contributed by atoms with E-state index in [4.69, 9.17) is 9.47 Å². The Bertz CT molecular complexity index is 767. The highest BCUT2D eigenvalue weighted by molar-refractivity contribution is 5.96. The van der Waals surface area contributed by atoms with Crippen LogP contribution in [0.3, 0.4) is 0 Å². The fourth-order valence-electron chi connectivity index (χ4n) is 3.59. The van der Waals surface area contributed by atoms with Gasteiger partial charge < -0.3 is 14.8 Å². The van der Waals surface area contributed by atoms with E-state index < -0.39 is 6.10 Å². The van der Waals surface area contributed by atoms with Gasteiger partial charge in [0.05, 0.1) is 7.11 Å². The Morgan fingerprint density at radius 3 is 2.36 bits per heavy atom. The Kier molecular flexibility index (Phi) is 7.06. The van der Waals surface area contributed by atoms with E-state index in [0.717, 1.165) is 6.42 Å². The molecular formula is C23H27NO4. The molecule has 2 aromatic rings. The first kappa shape index (κ1) is 19.9. The van der Waals surface area contributed by atoms with Gasteiger partial charge in [0.15, 0.2) is 0 Å². The molecule has 28 heavy (non-hydrogen) atoms. The monoisotopic (exact) mass is 381 g/mol. The van der Waals surface area contributed by atoms with Crippen molar-refractivity contribution in [1.29, 1.82) is 0 Å². The molecule has 1 unspecified atom stereocenters. The molecule has 0 aromatic heterocycles. The number of methoxy groups -OCH3 is 1. The SMILES string of the molecule is COc1ccc(NC(=O)C(OC(=O)CCC2CCCC2)c2ccccc2)cc1. The maximum Gasteiger partial charge on any atom is 0.306 e. The predicted molar refractivity (Wildman–Crippen MR) is 108 cm³/mol. The topological polar surface area (TPSA) is 64.6 Å². The van der Waals surface area contributed by atoms with Gasteiger partial charge in [-0.2, -0.15) is 0 Å². The van der Waals surface area contributed by atoms with Crippen molar-refractivity contribution in [1.82, 2.24) is 0 Å². The lowest BCUT2D eigenvalue weighted by molar-refractivity contribution is -0.155. The van der Waals surface area contributed by atoms with Crippen molar-refractivity contribution < 1.29 is 19.1 Å². The lowest BCUT2D eigenvalue weighted by Crippen LogP contribution is -2.26. The Hall–Kier alpha value is -2.82. The summed E-state index contributed by atoms with van der Waals surface area (Å²) in [4.78, 5) is 25.2. The first-order valence-electron chi connectivity index (χ1n) is 9.85. The van der Waals surface area contributed by atoms with Crippen molar-refractivity contribution in [2.45, 2.75) is 44.6 Å². The zero-order chi connectivity index (χ0) is 19.8. The normalized spacial score (nSPS) is 15.0. The summed E-state index contributed by atoms with van der Waals surface area (Å²) < 4.78 is 10.7. The van der Waals surface area contributed by atoms with Crippen LogP contribution >= 0.6 is 0 Å². The first-order chi connectivity index (χ1) is 13.7. The minimum absolute atomic E-state index is 0.328. The zero-order valence-corrected chi connectivity index (χ0v) is 16.2. The van der Waals surface area contributed by atoms with Gasteiger partial charge in [0.25, 0.3) is 5.91 Å². The van der Waals surface area contributed by atoms with Crippen LogP contribution in [0, 0.1) is 5.92 Å². The molecule has 5 nitrogen and oxygen atoms in total. The second-order valence-corrected chi connectivity index (χ2v) is 7.19. The van der Waals surface area contributed by atoms with Gasteiger partial charge in [0, 0.05) is 17.7 Å². The first-order valence-corrected chi connectivity index (χ1v) is 9.85. The summed E-state index contributed by atoms with van der Waals surface area (Å²) in [5, 5.41) is 2.82. The van der Waals surface area contributed by atoms with Crippen LogP contribution < -0.4 is 10.1 Å². The number of anilines is 1. The molecular weight excluding hydrogens is 354 g/mol. The van der Waals surface area contributed by atoms with Crippen LogP contribution in [0.4, 0.5) is 5.69 Å². The molecule has 1 fully saturated rings. The van der Waals surface area contributed by atoms with Gasteiger partial charge in [-0.25, -0.2) is 0 Å². The van der Waals surface area contributed by atoms with E-state index in [1.54, 1.807) is 43.5 Å². The van der Waals surface area contributed by atoms with Crippen LogP contribution in [-0.4, -0.2) is 19.0 Å². The van der Waals surface area contributed by atoms with E-state index in [2.05, 4.69) is 5.32 Å². The number of hydrogen-bond donors (Lipinski definition) is 1. The molecule has 0 heterocycles. The van der Waals surface area contributed by atoms with Crippen LogP contribution in [0.2, 0.25) is 0 Å². The summed E-state index contributed by atoms with van der Waals surface area (Å²) in [7, 11) is 1.59. The molecule has 3 rings (SSSR count). The van der Waals surface area contributed by atoms with Gasteiger partial charge in [-0.15, -0.1) is 0 Å². The van der Waals surface area contributed by atoms with E-state index in [1.165, 1.54) is 25.7 Å². The Balaban J connectivity index is 1.65. The Labute approximate surface area is 166 Å². The average molecular weight is 381 g/mol. The third-order valence-electron chi connectivity index (χ3n) is 5.18. The van der Waals surface area contributed by atoms with Crippen molar-refractivity contribution in [2.75, 3.05) is 12.4 Å². The van der Waals surface area contributed by atoms with Crippen molar-refractivity contribution in [3.63, 3.8) is 0 Å². The maximum absolute atomic E-state index is 12.8. The van der Waals surface area contributed by atoms with Crippen molar-refractivity contribution in [3.05, 3.63) is 60.2 Å². The smallest absolute Gasteiger partial charge is 0.306 e. The highest BCUT2D eigenvalue weighted by atomic mass is 16.5. The van der Waals surface area contributed by atoms with Crippen LogP contribution in [0.15, 0.2) is 54.6 Å². The fourth-order valence-corrected chi connectivity index (χ4v) is 3.59. The number of ether oxygens (including phenoxy) is 2. The number of nitrogens with one attached hydrogen (secondary N) is 1. The van der Waals surface area contributed by atoms with Gasteiger partial charge in [0.2, 0.25) is 6.10 Å². The molecule has 2 aromatic carbocycles. The predicted octanol–water partition coefficient (Wildman–Crippen LogP) is 4.89. The summed E-state index contributed by atoms with van der Waals surface area (Å²) in [5.41, 5.74) is 1.27. The largest absolute Gasteiger partial charge is 0.497 e.